The lowest BCUT2D eigenvalue weighted by Crippen LogP contribution is -2.31. The van der Waals surface area contributed by atoms with Gasteiger partial charge in [-0.3, -0.25) is 4.79 Å². The number of amides is 1. The normalized spacial score (nSPS) is 19.6. The molecule has 23 heavy (non-hydrogen) atoms. The van der Waals surface area contributed by atoms with E-state index in [2.05, 4.69) is 22.4 Å². The average Bonchev–Trinajstić information content (AvgIpc) is 3.12. The molecule has 1 aliphatic heterocycles. The summed E-state index contributed by atoms with van der Waals surface area (Å²) in [5, 5.41) is 5.73. The van der Waals surface area contributed by atoms with Crippen LogP contribution in [0.2, 0.25) is 0 Å². The number of aromatic nitrogens is 1. The smallest absolute Gasteiger partial charge is 0.224 e. The van der Waals surface area contributed by atoms with Gasteiger partial charge >= 0.3 is 0 Å². The molecule has 1 amide bonds. The Labute approximate surface area is 139 Å². The van der Waals surface area contributed by atoms with Crippen LogP contribution in [0.15, 0.2) is 35.7 Å². The molecule has 7 heteroatoms. The number of thiazole rings is 1. The first kappa shape index (κ1) is 16.1. The molecule has 122 valence electrons. The van der Waals surface area contributed by atoms with E-state index >= 15 is 0 Å². The molecule has 3 rings (SSSR count). The SMILES string of the molecule is O=C(NCc1csc(Cc2ccccc2)n1)[C@H]1CCS(=O)(=O)C1. The Balaban J connectivity index is 1.52. The van der Waals surface area contributed by atoms with Crippen molar-refractivity contribution in [3.8, 4) is 0 Å². The number of carbonyl (C=O) groups is 1. The fourth-order valence-corrected chi connectivity index (χ4v) is 5.18. The lowest BCUT2D eigenvalue weighted by atomic mass is 10.1. The average molecular weight is 350 g/mol. The minimum atomic E-state index is -3.03. The van der Waals surface area contributed by atoms with E-state index in [0.29, 0.717) is 13.0 Å². The molecule has 0 radical (unpaired) electrons. The van der Waals surface area contributed by atoms with Crippen molar-refractivity contribution in [1.29, 1.82) is 0 Å². The summed E-state index contributed by atoms with van der Waals surface area (Å²) in [5.41, 5.74) is 2.02. The predicted molar refractivity (Wildman–Crippen MR) is 90.0 cm³/mol. The van der Waals surface area contributed by atoms with Crippen molar-refractivity contribution < 1.29 is 13.2 Å². The first-order valence-electron chi connectivity index (χ1n) is 7.47. The minimum Gasteiger partial charge on any atom is -0.350 e. The van der Waals surface area contributed by atoms with Gasteiger partial charge in [0.1, 0.15) is 0 Å². The largest absolute Gasteiger partial charge is 0.350 e. The van der Waals surface area contributed by atoms with Crippen LogP contribution in [0.1, 0.15) is 22.7 Å². The highest BCUT2D eigenvalue weighted by molar-refractivity contribution is 7.91. The van der Waals surface area contributed by atoms with E-state index < -0.39 is 15.8 Å². The van der Waals surface area contributed by atoms with Crippen LogP contribution in [-0.2, 0) is 27.6 Å². The van der Waals surface area contributed by atoms with E-state index in [1.54, 1.807) is 11.3 Å². The van der Waals surface area contributed by atoms with Gasteiger partial charge in [0.05, 0.1) is 34.7 Å². The maximum Gasteiger partial charge on any atom is 0.224 e. The van der Waals surface area contributed by atoms with Crippen LogP contribution in [0.25, 0.3) is 0 Å². The number of nitrogens with zero attached hydrogens (tertiary/aromatic N) is 1. The molecule has 1 N–H and O–H groups in total. The molecule has 1 aliphatic rings. The maximum atomic E-state index is 12.0. The van der Waals surface area contributed by atoms with Gasteiger partial charge in [-0.2, -0.15) is 0 Å². The van der Waals surface area contributed by atoms with Crippen LogP contribution < -0.4 is 5.32 Å². The number of carbonyl (C=O) groups excluding carboxylic acids is 1. The van der Waals surface area contributed by atoms with Gasteiger partial charge in [0.15, 0.2) is 9.84 Å². The Morgan fingerprint density at radius 2 is 2.09 bits per heavy atom. The van der Waals surface area contributed by atoms with Gasteiger partial charge in [0.25, 0.3) is 0 Å². The molecule has 1 fully saturated rings. The second kappa shape index (κ2) is 6.80. The number of sulfone groups is 1. The standard InChI is InChI=1S/C16H18N2O3S2/c19-16(13-6-7-23(20,21)11-13)17-9-14-10-22-15(18-14)8-12-4-2-1-3-5-12/h1-5,10,13H,6-9,11H2,(H,17,19)/t13-/m0/s1. The third-order valence-corrected chi connectivity index (χ3v) is 6.51. The van der Waals surface area contributed by atoms with E-state index in [1.165, 1.54) is 5.56 Å². The van der Waals surface area contributed by atoms with E-state index in [1.807, 2.05) is 23.6 Å². The Kier molecular flexibility index (Phi) is 4.77. The summed E-state index contributed by atoms with van der Waals surface area (Å²) in [4.78, 5) is 16.5. The molecule has 1 saturated heterocycles. The van der Waals surface area contributed by atoms with Crippen LogP contribution >= 0.6 is 11.3 Å². The Hall–Kier alpha value is -1.73. The zero-order valence-corrected chi connectivity index (χ0v) is 14.2. The molecule has 1 aromatic heterocycles. The molecule has 0 bridgehead atoms. The summed E-state index contributed by atoms with van der Waals surface area (Å²) in [6.07, 6.45) is 1.20. The summed E-state index contributed by atoms with van der Waals surface area (Å²) in [7, 11) is -3.03. The van der Waals surface area contributed by atoms with Crippen molar-refractivity contribution in [2.24, 2.45) is 5.92 Å². The first-order valence-corrected chi connectivity index (χ1v) is 10.2. The van der Waals surface area contributed by atoms with E-state index in [4.69, 9.17) is 0 Å². The predicted octanol–water partition coefficient (Wildman–Crippen LogP) is 1.78. The van der Waals surface area contributed by atoms with Crippen LogP contribution in [0, 0.1) is 5.92 Å². The van der Waals surface area contributed by atoms with Crippen molar-refractivity contribution in [3.63, 3.8) is 0 Å². The molecule has 0 unspecified atom stereocenters. The fraction of sp³-hybridized carbons (Fsp3) is 0.375. The molecular weight excluding hydrogens is 332 g/mol. The summed E-state index contributed by atoms with van der Waals surface area (Å²) in [6.45, 7) is 0.348. The third-order valence-electron chi connectivity index (χ3n) is 3.84. The molecular formula is C16H18N2O3S2. The highest BCUT2D eigenvalue weighted by Crippen LogP contribution is 2.19. The number of nitrogens with one attached hydrogen (secondary N) is 1. The second-order valence-electron chi connectivity index (χ2n) is 5.71. The van der Waals surface area contributed by atoms with Crippen LogP contribution in [0.5, 0.6) is 0 Å². The minimum absolute atomic E-state index is 0.0326. The number of rotatable bonds is 5. The lowest BCUT2D eigenvalue weighted by molar-refractivity contribution is -0.124. The summed E-state index contributed by atoms with van der Waals surface area (Å²) in [6, 6.07) is 10.1. The maximum absolute atomic E-state index is 12.0. The van der Waals surface area contributed by atoms with Crippen molar-refractivity contribution in [2.75, 3.05) is 11.5 Å². The zero-order valence-electron chi connectivity index (χ0n) is 12.6. The molecule has 2 aromatic rings. The topological polar surface area (TPSA) is 76.1 Å². The van der Waals surface area contributed by atoms with Crippen molar-refractivity contribution in [3.05, 3.63) is 52.0 Å². The van der Waals surface area contributed by atoms with Crippen LogP contribution in [0.4, 0.5) is 0 Å². The first-order chi connectivity index (χ1) is 11.0. The molecule has 0 aliphatic carbocycles. The quantitative estimate of drug-likeness (QED) is 0.892. The molecule has 1 atom stereocenters. The Bertz CT molecular complexity index is 785. The van der Waals surface area contributed by atoms with Gasteiger partial charge in [-0.05, 0) is 12.0 Å². The fourth-order valence-electron chi connectivity index (χ4n) is 2.61. The van der Waals surface area contributed by atoms with Gasteiger partial charge in [0, 0.05) is 11.8 Å². The lowest BCUT2D eigenvalue weighted by Gasteiger charge is -2.07. The molecule has 1 aromatic carbocycles. The highest BCUT2D eigenvalue weighted by atomic mass is 32.2. The molecule has 0 spiro atoms. The molecule has 2 heterocycles. The van der Waals surface area contributed by atoms with E-state index in [9.17, 15) is 13.2 Å². The van der Waals surface area contributed by atoms with Crippen molar-refractivity contribution in [1.82, 2.24) is 10.3 Å². The summed E-state index contributed by atoms with van der Waals surface area (Å²) < 4.78 is 22.8. The summed E-state index contributed by atoms with van der Waals surface area (Å²) >= 11 is 1.57. The molecule has 0 saturated carbocycles. The zero-order chi connectivity index (χ0) is 16.3. The highest BCUT2D eigenvalue weighted by Gasteiger charge is 2.32. The van der Waals surface area contributed by atoms with Crippen molar-refractivity contribution >= 4 is 27.1 Å². The Morgan fingerprint density at radius 3 is 2.78 bits per heavy atom. The number of hydrogen-bond donors (Lipinski definition) is 1. The van der Waals surface area contributed by atoms with Gasteiger partial charge < -0.3 is 5.32 Å². The second-order valence-corrected chi connectivity index (χ2v) is 8.88. The number of benzene rings is 1. The van der Waals surface area contributed by atoms with Gasteiger partial charge in [-0.15, -0.1) is 11.3 Å². The Morgan fingerprint density at radius 1 is 1.30 bits per heavy atom. The van der Waals surface area contributed by atoms with E-state index in [0.717, 1.165) is 17.1 Å². The molecule has 5 nitrogen and oxygen atoms in total. The van der Waals surface area contributed by atoms with Gasteiger partial charge in [-0.1, -0.05) is 30.3 Å². The monoisotopic (exact) mass is 350 g/mol. The van der Waals surface area contributed by atoms with Crippen LogP contribution in [-0.4, -0.2) is 30.8 Å². The van der Waals surface area contributed by atoms with E-state index in [-0.39, 0.29) is 17.4 Å². The van der Waals surface area contributed by atoms with Gasteiger partial charge in [-0.25, -0.2) is 13.4 Å². The van der Waals surface area contributed by atoms with Crippen molar-refractivity contribution in [2.45, 2.75) is 19.4 Å². The third kappa shape index (κ3) is 4.39. The summed E-state index contributed by atoms with van der Waals surface area (Å²) in [5.74, 6) is -0.524. The van der Waals surface area contributed by atoms with Crippen LogP contribution in [0.3, 0.4) is 0 Å². The number of hydrogen-bond acceptors (Lipinski definition) is 5. The van der Waals surface area contributed by atoms with Gasteiger partial charge in [0.2, 0.25) is 5.91 Å².